The van der Waals surface area contributed by atoms with Crippen molar-refractivity contribution in [3.8, 4) is 11.3 Å². The molecule has 2 aromatic carbocycles. The summed E-state index contributed by atoms with van der Waals surface area (Å²) in [4.78, 5) is 12.0. The smallest absolute Gasteiger partial charge is 0.221 e. The fraction of sp³-hybridized carbons (Fsp3) is 0.318. The molecule has 2 aliphatic rings. The highest BCUT2D eigenvalue weighted by molar-refractivity contribution is 8.00. The number of nitrogens with one attached hydrogen (secondary N) is 1. The maximum atomic E-state index is 13.6. The maximum absolute atomic E-state index is 13.6. The Morgan fingerprint density at radius 2 is 2.09 bits per heavy atom. The Balaban J connectivity index is 1.42. The van der Waals surface area contributed by atoms with E-state index in [2.05, 4.69) is 15.6 Å². The first-order valence-corrected chi connectivity index (χ1v) is 11.1. The van der Waals surface area contributed by atoms with Crippen molar-refractivity contribution in [3.63, 3.8) is 0 Å². The number of nitrogens with zero attached hydrogens (tertiary/aromatic N) is 3. The maximum Gasteiger partial charge on any atom is 0.221 e. The van der Waals surface area contributed by atoms with Crippen LogP contribution in [-0.4, -0.2) is 65.6 Å². The number of thioether (sulfide) groups is 1. The van der Waals surface area contributed by atoms with E-state index in [1.54, 1.807) is 36.4 Å². The Kier molecular flexibility index (Phi) is 5.26. The van der Waals surface area contributed by atoms with E-state index in [1.807, 2.05) is 0 Å². The molecule has 1 saturated heterocycles. The second kappa shape index (κ2) is 7.89. The standard InChI is InChI=1S/C22H21FN4O5S/c1-12(29)24-15-6-3-7-16(9-15)33-20-22(31)18(19(30)21(22,11-28)32-20)27-10-17(25-26-27)13-4-2-5-14(23)8-13/h2-10,18-20,28,30-31H,11H2,1H3,(H,24,29)/t18?,19-,20+,21?,22?/m1/s1. The van der Waals surface area contributed by atoms with E-state index >= 15 is 0 Å². The Labute approximate surface area is 192 Å². The van der Waals surface area contributed by atoms with Crippen LogP contribution in [0.1, 0.15) is 13.0 Å². The number of aromatic nitrogens is 3. The first kappa shape index (κ1) is 22.0. The molecular weight excluding hydrogens is 451 g/mol. The van der Waals surface area contributed by atoms with Gasteiger partial charge in [0.25, 0.3) is 0 Å². The fourth-order valence-electron chi connectivity index (χ4n) is 4.50. The van der Waals surface area contributed by atoms with Gasteiger partial charge in [-0.15, -0.1) is 5.10 Å². The lowest BCUT2D eigenvalue weighted by Crippen LogP contribution is -2.92. The van der Waals surface area contributed by atoms with Crippen LogP contribution >= 0.6 is 11.8 Å². The molecule has 3 unspecified atom stereocenters. The van der Waals surface area contributed by atoms with Crippen LogP contribution in [0, 0.1) is 5.82 Å². The minimum Gasteiger partial charge on any atom is -0.393 e. The SMILES string of the molecule is CC(=O)Nc1cccc(S[C@@H]2OC3(CO)[C@H](O)C(n4cc(-c5cccc(F)c5)nn4)C23O)c1. The Morgan fingerprint density at radius 1 is 1.30 bits per heavy atom. The average molecular weight is 472 g/mol. The number of anilines is 1. The van der Waals surface area contributed by atoms with Gasteiger partial charge in [-0.2, -0.15) is 0 Å². The van der Waals surface area contributed by atoms with Gasteiger partial charge in [0.2, 0.25) is 5.91 Å². The summed E-state index contributed by atoms with van der Waals surface area (Å²) >= 11 is 1.20. The molecule has 2 fully saturated rings. The number of amides is 1. The average Bonchev–Trinajstić information content (AvgIpc) is 3.25. The van der Waals surface area contributed by atoms with Crippen molar-refractivity contribution >= 4 is 23.4 Å². The van der Waals surface area contributed by atoms with Crippen molar-refractivity contribution in [2.45, 2.75) is 40.6 Å². The van der Waals surface area contributed by atoms with Gasteiger partial charge in [0.05, 0.1) is 12.8 Å². The number of ether oxygens (including phenoxy) is 1. The van der Waals surface area contributed by atoms with E-state index in [1.165, 1.54) is 41.7 Å². The van der Waals surface area contributed by atoms with Crippen molar-refractivity contribution in [2.24, 2.45) is 0 Å². The third-order valence-electron chi connectivity index (χ3n) is 6.13. The van der Waals surface area contributed by atoms with Gasteiger partial charge in [-0.1, -0.05) is 35.2 Å². The minimum atomic E-state index is -1.65. The summed E-state index contributed by atoms with van der Waals surface area (Å²) in [6, 6.07) is 11.9. The molecule has 0 radical (unpaired) electrons. The summed E-state index contributed by atoms with van der Waals surface area (Å²) in [5.41, 5.74) is -2.56. The zero-order valence-electron chi connectivity index (χ0n) is 17.4. The van der Waals surface area contributed by atoms with E-state index in [0.717, 1.165) is 0 Å². The predicted octanol–water partition coefficient (Wildman–Crippen LogP) is 1.57. The van der Waals surface area contributed by atoms with E-state index in [-0.39, 0.29) is 5.91 Å². The Morgan fingerprint density at radius 3 is 2.82 bits per heavy atom. The highest BCUT2D eigenvalue weighted by Crippen LogP contribution is 2.66. The number of aliphatic hydroxyl groups excluding tert-OH is 2. The highest BCUT2D eigenvalue weighted by atomic mass is 32.2. The summed E-state index contributed by atoms with van der Waals surface area (Å²) in [7, 11) is 0. The van der Waals surface area contributed by atoms with Gasteiger partial charge in [0, 0.05) is 23.1 Å². The number of benzene rings is 2. The summed E-state index contributed by atoms with van der Waals surface area (Å²) in [6.45, 7) is 0.819. The molecule has 5 rings (SSSR count). The van der Waals surface area contributed by atoms with Crippen molar-refractivity contribution in [1.29, 1.82) is 0 Å². The highest BCUT2D eigenvalue weighted by Gasteiger charge is 2.85. The number of carbonyl (C=O) groups is 1. The molecule has 3 aromatic rings. The lowest BCUT2D eigenvalue weighted by Gasteiger charge is -2.72. The van der Waals surface area contributed by atoms with Gasteiger partial charge in [-0.25, -0.2) is 9.07 Å². The largest absolute Gasteiger partial charge is 0.393 e. The van der Waals surface area contributed by atoms with Crippen molar-refractivity contribution < 1.29 is 29.2 Å². The molecule has 1 saturated carbocycles. The van der Waals surface area contributed by atoms with Crippen LogP contribution in [-0.2, 0) is 9.53 Å². The number of hydrogen-bond acceptors (Lipinski definition) is 8. The molecule has 1 amide bonds. The van der Waals surface area contributed by atoms with Gasteiger partial charge in [0.15, 0.2) is 11.2 Å². The molecule has 1 aliphatic carbocycles. The number of halogens is 1. The van der Waals surface area contributed by atoms with Crippen molar-refractivity contribution in [1.82, 2.24) is 15.0 Å². The Bertz CT molecular complexity index is 1220. The van der Waals surface area contributed by atoms with E-state index in [0.29, 0.717) is 21.8 Å². The van der Waals surface area contributed by atoms with Gasteiger partial charge in [0.1, 0.15) is 29.1 Å². The molecule has 9 nitrogen and oxygen atoms in total. The number of rotatable bonds is 6. The lowest BCUT2D eigenvalue weighted by atomic mass is 9.55. The first-order valence-electron chi connectivity index (χ1n) is 10.2. The minimum absolute atomic E-state index is 0.211. The zero-order valence-corrected chi connectivity index (χ0v) is 18.2. The van der Waals surface area contributed by atoms with E-state index < -0.39 is 41.2 Å². The van der Waals surface area contributed by atoms with Gasteiger partial charge in [-0.3, -0.25) is 4.79 Å². The van der Waals surface area contributed by atoms with Crippen LogP contribution in [0.4, 0.5) is 10.1 Å². The summed E-state index contributed by atoms with van der Waals surface area (Å²) in [6.07, 6.45) is 0.274. The molecule has 172 valence electrons. The van der Waals surface area contributed by atoms with Crippen LogP contribution in [0.15, 0.2) is 59.6 Å². The normalized spacial score (nSPS) is 30.2. The number of hydrogen-bond donors (Lipinski definition) is 4. The summed E-state index contributed by atoms with van der Waals surface area (Å²) in [5.74, 6) is -0.633. The molecule has 33 heavy (non-hydrogen) atoms. The zero-order chi connectivity index (χ0) is 23.4. The van der Waals surface area contributed by atoms with Crippen LogP contribution in [0.3, 0.4) is 0 Å². The number of aliphatic hydroxyl groups is 3. The van der Waals surface area contributed by atoms with Crippen molar-refractivity contribution in [3.05, 3.63) is 60.5 Å². The van der Waals surface area contributed by atoms with Gasteiger partial charge in [-0.05, 0) is 30.3 Å². The molecule has 0 spiro atoms. The first-order chi connectivity index (χ1) is 15.8. The van der Waals surface area contributed by atoms with E-state index in [4.69, 9.17) is 4.74 Å². The van der Waals surface area contributed by atoms with Gasteiger partial charge >= 0.3 is 0 Å². The molecule has 2 heterocycles. The molecule has 1 aliphatic heterocycles. The Hall–Kier alpha value is -2.83. The lowest BCUT2D eigenvalue weighted by molar-refractivity contribution is -0.444. The van der Waals surface area contributed by atoms with E-state index in [9.17, 15) is 24.5 Å². The molecule has 1 aromatic heterocycles. The summed E-state index contributed by atoms with van der Waals surface area (Å²) in [5, 5.41) is 43.1. The third kappa shape index (κ3) is 3.27. The molecule has 5 atom stereocenters. The van der Waals surface area contributed by atoms with Crippen LogP contribution in [0.2, 0.25) is 0 Å². The third-order valence-corrected chi connectivity index (χ3v) is 7.33. The van der Waals surface area contributed by atoms with Crippen LogP contribution < -0.4 is 5.32 Å². The second-order valence-electron chi connectivity index (χ2n) is 8.13. The molecule has 11 heteroatoms. The topological polar surface area (TPSA) is 130 Å². The predicted molar refractivity (Wildman–Crippen MR) is 117 cm³/mol. The van der Waals surface area contributed by atoms with Gasteiger partial charge < -0.3 is 25.4 Å². The fourth-order valence-corrected chi connectivity index (χ4v) is 5.83. The number of carbonyl (C=O) groups excluding carboxylic acids is 1. The molecule has 4 N–H and O–H groups in total. The molecule has 0 bridgehead atoms. The number of fused-ring (bicyclic) bond motifs is 1. The van der Waals surface area contributed by atoms with Crippen LogP contribution in [0.5, 0.6) is 0 Å². The summed E-state index contributed by atoms with van der Waals surface area (Å²) < 4.78 is 20.7. The second-order valence-corrected chi connectivity index (χ2v) is 9.27. The molecular formula is C22H21FN4O5S. The van der Waals surface area contributed by atoms with Crippen LogP contribution in [0.25, 0.3) is 11.3 Å². The van der Waals surface area contributed by atoms with Crippen molar-refractivity contribution in [2.75, 3.05) is 11.9 Å². The quantitative estimate of drug-likeness (QED) is 0.426. The monoisotopic (exact) mass is 472 g/mol.